The molecule has 2 amide bonds. The van der Waals surface area contributed by atoms with E-state index in [2.05, 4.69) is 5.32 Å². The second kappa shape index (κ2) is 12.4. The van der Waals surface area contributed by atoms with Crippen LogP contribution in [0, 0.1) is 6.92 Å². The lowest BCUT2D eigenvalue weighted by Crippen LogP contribution is -2.51. The number of rotatable bonds is 10. The third kappa shape index (κ3) is 7.03. The number of hydrogen-bond acceptors (Lipinski definition) is 4. The molecule has 3 rings (SSSR count). The summed E-state index contributed by atoms with van der Waals surface area (Å²) in [6.45, 7) is 3.21. The van der Waals surface area contributed by atoms with Gasteiger partial charge in [0, 0.05) is 23.6 Å². The van der Waals surface area contributed by atoms with Gasteiger partial charge in [0.15, 0.2) is 0 Å². The Bertz CT molecular complexity index is 1350. The third-order valence-corrected chi connectivity index (χ3v) is 8.16. The van der Waals surface area contributed by atoms with Gasteiger partial charge in [-0.15, -0.1) is 0 Å². The average molecular weight is 563 g/mol. The molecule has 3 aromatic rings. The minimum Gasteiger partial charge on any atom is -0.357 e. The first-order valence-corrected chi connectivity index (χ1v) is 13.9. The number of hydrogen-bond donors (Lipinski definition) is 1. The van der Waals surface area contributed by atoms with Crippen molar-refractivity contribution in [2.45, 2.75) is 37.8 Å². The van der Waals surface area contributed by atoms with Crippen LogP contribution in [-0.2, 0) is 26.2 Å². The maximum atomic E-state index is 13.8. The van der Waals surface area contributed by atoms with Gasteiger partial charge in [0.2, 0.25) is 11.8 Å². The number of carbonyl (C=O) groups is 2. The van der Waals surface area contributed by atoms with Crippen LogP contribution in [0.25, 0.3) is 0 Å². The molecule has 0 aromatic heterocycles. The molecule has 0 unspecified atom stereocenters. The maximum Gasteiger partial charge on any atom is 0.264 e. The molecule has 0 radical (unpaired) electrons. The van der Waals surface area contributed by atoms with E-state index in [4.69, 9.17) is 23.2 Å². The number of carbonyl (C=O) groups excluding carboxylic acids is 2. The van der Waals surface area contributed by atoms with Gasteiger partial charge in [-0.25, -0.2) is 8.42 Å². The standard InChI is InChI=1S/C27H29Cl2N3O4S/c1-4-25(27(34)30-3)31(17-20-10-12-21(28)13-11-20)26(33)18-32(23-7-5-6-22(29)16-23)37(35,36)24-14-8-19(2)9-15-24/h5-16,25H,4,17-18H2,1-3H3,(H,30,34)/t25-/m1/s1. The molecular weight excluding hydrogens is 533 g/mol. The zero-order chi connectivity index (χ0) is 27.2. The van der Waals surface area contributed by atoms with E-state index in [0.29, 0.717) is 16.5 Å². The highest BCUT2D eigenvalue weighted by molar-refractivity contribution is 7.92. The summed E-state index contributed by atoms with van der Waals surface area (Å²) >= 11 is 12.2. The molecule has 1 N–H and O–H groups in total. The smallest absolute Gasteiger partial charge is 0.264 e. The molecule has 0 saturated carbocycles. The van der Waals surface area contributed by atoms with E-state index in [9.17, 15) is 18.0 Å². The largest absolute Gasteiger partial charge is 0.357 e. The first-order valence-electron chi connectivity index (χ1n) is 11.7. The normalized spacial score (nSPS) is 12.0. The Morgan fingerprint density at radius 2 is 1.59 bits per heavy atom. The monoisotopic (exact) mass is 561 g/mol. The minimum absolute atomic E-state index is 0.0356. The molecule has 10 heteroatoms. The lowest BCUT2D eigenvalue weighted by molar-refractivity contribution is -0.140. The second-order valence-corrected chi connectivity index (χ2v) is 11.2. The highest BCUT2D eigenvalue weighted by Crippen LogP contribution is 2.27. The quantitative estimate of drug-likeness (QED) is 0.375. The summed E-state index contributed by atoms with van der Waals surface area (Å²) in [6, 6.07) is 18.8. The van der Waals surface area contributed by atoms with Gasteiger partial charge in [0.05, 0.1) is 10.6 Å². The van der Waals surface area contributed by atoms with Crippen molar-refractivity contribution in [3.05, 3.63) is 94.0 Å². The molecule has 0 aliphatic heterocycles. The molecule has 0 fully saturated rings. The zero-order valence-electron chi connectivity index (χ0n) is 20.8. The Morgan fingerprint density at radius 1 is 0.946 bits per heavy atom. The maximum absolute atomic E-state index is 13.8. The first-order chi connectivity index (χ1) is 17.6. The molecule has 0 aliphatic carbocycles. The van der Waals surface area contributed by atoms with E-state index in [1.807, 2.05) is 6.92 Å². The van der Waals surface area contributed by atoms with Gasteiger partial charge < -0.3 is 10.2 Å². The number of aryl methyl sites for hydroxylation is 1. The number of nitrogens with zero attached hydrogens (tertiary/aromatic N) is 2. The molecule has 7 nitrogen and oxygen atoms in total. The number of anilines is 1. The summed E-state index contributed by atoms with van der Waals surface area (Å²) < 4.78 is 28.5. The fraction of sp³-hybridized carbons (Fsp3) is 0.259. The third-order valence-electron chi connectivity index (χ3n) is 5.88. The van der Waals surface area contributed by atoms with Crippen LogP contribution in [0.2, 0.25) is 10.0 Å². The molecule has 3 aromatic carbocycles. The van der Waals surface area contributed by atoms with Crippen molar-refractivity contribution in [3.63, 3.8) is 0 Å². The molecular formula is C27H29Cl2N3O4S. The number of benzene rings is 3. The first kappa shape index (κ1) is 28.5. The molecule has 196 valence electrons. The summed E-state index contributed by atoms with van der Waals surface area (Å²) in [7, 11) is -2.65. The summed E-state index contributed by atoms with van der Waals surface area (Å²) in [4.78, 5) is 28.0. The Kier molecular flexibility index (Phi) is 9.59. The van der Waals surface area contributed by atoms with Crippen LogP contribution in [0.15, 0.2) is 77.7 Å². The SMILES string of the molecule is CC[C@H](C(=O)NC)N(Cc1ccc(Cl)cc1)C(=O)CN(c1cccc(Cl)c1)S(=O)(=O)c1ccc(C)cc1. The van der Waals surface area contributed by atoms with Crippen LogP contribution in [0.3, 0.4) is 0 Å². The molecule has 0 bridgehead atoms. The summed E-state index contributed by atoms with van der Waals surface area (Å²) in [6.07, 6.45) is 0.334. The highest BCUT2D eigenvalue weighted by Gasteiger charge is 2.33. The van der Waals surface area contributed by atoms with E-state index in [1.165, 1.54) is 30.1 Å². The van der Waals surface area contributed by atoms with E-state index < -0.39 is 28.5 Å². The van der Waals surface area contributed by atoms with E-state index in [1.54, 1.807) is 61.5 Å². The molecule has 0 spiro atoms. The Morgan fingerprint density at radius 3 is 2.16 bits per heavy atom. The average Bonchev–Trinajstić information content (AvgIpc) is 2.88. The lowest BCUT2D eigenvalue weighted by Gasteiger charge is -2.33. The number of halogens is 2. The van der Waals surface area contributed by atoms with E-state index in [-0.39, 0.29) is 23.0 Å². The van der Waals surface area contributed by atoms with Crippen LogP contribution >= 0.6 is 23.2 Å². The summed E-state index contributed by atoms with van der Waals surface area (Å²) in [5, 5.41) is 3.46. The fourth-order valence-electron chi connectivity index (χ4n) is 3.87. The van der Waals surface area contributed by atoms with Gasteiger partial charge in [-0.1, -0.05) is 66.0 Å². The van der Waals surface area contributed by atoms with Crippen LogP contribution in [0.5, 0.6) is 0 Å². The highest BCUT2D eigenvalue weighted by atomic mass is 35.5. The van der Waals surface area contributed by atoms with Crippen LogP contribution in [-0.4, -0.2) is 44.8 Å². The van der Waals surface area contributed by atoms with Gasteiger partial charge in [-0.2, -0.15) is 0 Å². The van der Waals surface area contributed by atoms with Crippen molar-refractivity contribution in [2.24, 2.45) is 0 Å². The van der Waals surface area contributed by atoms with Crippen molar-refractivity contribution in [2.75, 3.05) is 17.9 Å². The minimum atomic E-state index is -4.14. The van der Waals surface area contributed by atoms with Crippen LogP contribution < -0.4 is 9.62 Å². The molecule has 1 atom stereocenters. The van der Waals surface area contributed by atoms with Gasteiger partial charge in [0.25, 0.3) is 10.0 Å². The molecule has 0 aliphatic rings. The molecule has 37 heavy (non-hydrogen) atoms. The predicted octanol–water partition coefficient (Wildman–Crippen LogP) is 5.05. The zero-order valence-corrected chi connectivity index (χ0v) is 23.1. The Labute approximate surface area is 228 Å². The van der Waals surface area contributed by atoms with Crippen molar-refractivity contribution >= 4 is 50.7 Å². The number of nitrogens with one attached hydrogen (secondary N) is 1. The van der Waals surface area contributed by atoms with E-state index in [0.717, 1.165) is 15.4 Å². The van der Waals surface area contributed by atoms with Crippen molar-refractivity contribution in [3.8, 4) is 0 Å². The number of likely N-dealkylation sites (N-methyl/N-ethyl adjacent to an activating group) is 1. The molecule has 0 heterocycles. The number of sulfonamides is 1. The molecule has 0 saturated heterocycles. The van der Waals surface area contributed by atoms with Crippen LogP contribution in [0.1, 0.15) is 24.5 Å². The second-order valence-electron chi connectivity index (χ2n) is 8.49. The van der Waals surface area contributed by atoms with Gasteiger partial charge in [-0.05, 0) is 61.4 Å². The van der Waals surface area contributed by atoms with Crippen LogP contribution in [0.4, 0.5) is 5.69 Å². The predicted molar refractivity (Wildman–Crippen MR) is 147 cm³/mol. The van der Waals surface area contributed by atoms with Gasteiger partial charge >= 0.3 is 0 Å². The van der Waals surface area contributed by atoms with Gasteiger partial charge in [-0.3, -0.25) is 13.9 Å². The van der Waals surface area contributed by atoms with Crippen molar-refractivity contribution in [1.82, 2.24) is 10.2 Å². The van der Waals surface area contributed by atoms with Crippen molar-refractivity contribution in [1.29, 1.82) is 0 Å². The Balaban J connectivity index is 2.05. The fourth-order valence-corrected chi connectivity index (χ4v) is 5.59. The lowest BCUT2D eigenvalue weighted by atomic mass is 10.1. The topological polar surface area (TPSA) is 86.8 Å². The van der Waals surface area contributed by atoms with E-state index >= 15 is 0 Å². The Hall–Kier alpha value is -3.07. The van der Waals surface area contributed by atoms with Gasteiger partial charge in [0.1, 0.15) is 12.6 Å². The summed E-state index contributed by atoms with van der Waals surface area (Å²) in [5.41, 5.74) is 1.88. The van der Waals surface area contributed by atoms with Crippen molar-refractivity contribution < 1.29 is 18.0 Å². The number of amides is 2. The summed E-state index contributed by atoms with van der Waals surface area (Å²) in [5.74, 6) is -0.887.